The number of carboxylic acid groups (broad SMARTS) is 4. The van der Waals surface area contributed by atoms with Gasteiger partial charge in [-0.25, -0.2) is 19.2 Å². The maximum absolute atomic E-state index is 10.5. The minimum absolute atomic E-state index is 0.188. The first kappa shape index (κ1) is 71.4. The van der Waals surface area contributed by atoms with Crippen LogP contribution in [-0.4, -0.2) is 247 Å². The van der Waals surface area contributed by atoms with Crippen molar-refractivity contribution in [3.63, 3.8) is 0 Å². The zero-order chi connectivity index (χ0) is 59.4. The molecule has 23 heteroatoms. The van der Waals surface area contributed by atoms with Gasteiger partial charge in [-0.2, -0.15) is 0 Å². The molecule has 4 saturated heterocycles. The lowest BCUT2D eigenvalue weighted by atomic mass is 9.93. The average molecular weight is 1210 g/mol. The number of nitrogens with one attached hydrogen (secondary N) is 4. The van der Waals surface area contributed by atoms with Crippen molar-refractivity contribution in [1.29, 1.82) is 0 Å². The van der Waals surface area contributed by atoms with Gasteiger partial charge in [0.25, 0.3) is 0 Å². The number of aliphatic carboxylic acids is 4. The molecule has 82 heavy (non-hydrogen) atoms. The lowest BCUT2D eigenvalue weighted by Crippen LogP contribution is -2.48. The lowest BCUT2D eigenvalue weighted by Gasteiger charge is -2.39. The summed E-state index contributed by atoms with van der Waals surface area (Å²) in [6.45, 7) is 22.0. The number of hydrogen-bond donors (Lipinski definition) is 8. The molecule has 4 heterocycles. The van der Waals surface area contributed by atoms with Crippen molar-refractivity contribution in [2.45, 2.75) is 18.9 Å². The van der Waals surface area contributed by atoms with Gasteiger partial charge in [0.1, 0.15) is 26.4 Å². The van der Waals surface area contributed by atoms with Gasteiger partial charge in [0.05, 0.1) is 32.5 Å². The summed E-state index contributed by atoms with van der Waals surface area (Å²) < 4.78 is 19.5. The van der Waals surface area contributed by atoms with Gasteiger partial charge in [-0.05, 0) is 46.5 Å². The van der Waals surface area contributed by atoms with Gasteiger partial charge in [-0.1, -0.05) is 115 Å². The molecule has 2 unspecified atom stereocenters. The van der Waals surface area contributed by atoms with Crippen LogP contribution in [0.15, 0.2) is 109 Å². The number of hydrogen-bond acceptors (Lipinski definition) is 16. The van der Waals surface area contributed by atoms with Crippen LogP contribution in [0, 0.1) is 0 Å². The second-order valence-electron chi connectivity index (χ2n) is 19.1. The van der Waals surface area contributed by atoms with Crippen molar-refractivity contribution in [1.82, 2.24) is 40.9 Å². The summed E-state index contributed by atoms with van der Waals surface area (Å²) in [6, 6.07) is 37.4. The van der Waals surface area contributed by atoms with E-state index in [0.29, 0.717) is 38.2 Å². The van der Waals surface area contributed by atoms with Crippen LogP contribution in [0.1, 0.15) is 41.1 Å². The number of carboxylic acids is 4. The molecule has 0 bridgehead atoms. The Morgan fingerprint density at radius 1 is 0.427 bits per heavy atom. The molecule has 4 aliphatic rings. The topological polar surface area (TPSA) is 247 Å². The second-order valence-corrected chi connectivity index (χ2v) is 20.3. The Balaban J connectivity index is 0.000000276. The minimum Gasteiger partial charge on any atom is -0.480 e. The van der Waals surface area contributed by atoms with Crippen LogP contribution in [-0.2, 0) is 38.1 Å². The zero-order valence-corrected chi connectivity index (χ0v) is 49.6. The Kier molecular flexibility index (Phi) is 39.7. The number of halogens is 3. The first-order chi connectivity index (χ1) is 39.7. The predicted molar refractivity (Wildman–Crippen MR) is 322 cm³/mol. The van der Waals surface area contributed by atoms with E-state index in [2.05, 4.69) is 125 Å². The molecule has 4 aromatic rings. The molecule has 0 aromatic heterocycles. The molecule has 2 atom stereocenters. The van der Waals surface area contributed by atoms with Crippen LogP contribution in [0.2, 0.25) is 10.0 Å². The van der Waals surface area contributed by atoms with E-state index in [4.69, 9.17) is 69.4 Å². The summed E-state index contributed by atoms with van der Waals surface area (Å²) in [5.74, 6) is -2.93. The molecular weight excluding hydrogens is 1120 g/mol. The zero-order valence-electron chi connectivity index (χ0n) is 47.3. The fourth-order valence-electron chi connectivity index (χ4n) is 8.57. The molecule has 0 amide bonds. The third-order valence-electron chi connectivity index (χ3n) is 12.9. The van der Waals surface area contributed by atoms with Crippen molar-refractivity contribution in [2.24, 2.45) is 0 Å². The van der Waals surface area contributed by atoms with Crippen molar-refractivity contribution in [2.75, 3.05) is 183 Å². The first-order valence-corrected chi connectivity index (χ1v) is 29.1. The van der Waals surface area contributed by atoms with Crippen molar-refractivity contribution in [3.05, 3.63) is 141 Å². The SMILES string of the molecule is C1CNCCN1.CC(c1ccccc1)c1ccc(Cl)cc1.O=C(O)COCCCl.O=C(O)COCCN1CCN(C(c2ccccc2)c2ccc(Cl)cc2)CC1.O=C(O)COCCN1CCNCC1.O=C(O)COCCN1CCNCC1. The van der Waals surface area contributed by atoms with Crippen LogP contribution >= 0.6 is 34.8 Å². The molecule has 0 aliphatic carbocycles. The Bertz CT molecular complexity index is 2220. The van der Waals surface area contributed by atoms with Crippen LogP contribution < -0.4 is 21.3 Å². The number of rotatable bonds is 24. The summed E-state index contributed by atoms with van der Waals surface area (Å²) in [6.07, 6.45) is 0. The van der Waals surface area contributed by atoms with Gasteiger partial charge in [0.15, 0.2) is 0 Å². The molecular formula is C59H87Cl3N8O12. The smallest absolute Gasteiger partial charge is 0.329 e. The second kappa shape index (κ2) is 45.6. The molecule has 4 aliphatic heterocycles. The highest BCUT2D eigenvalue weighted by atomic mass is 35.5. The number of alkyl halides is 1. The normalized spacial score (nSPS) is 16.4. The molecule has 4 aromatic carbocycles. The number of piperazine rings is 4. The van der Waals surface area contributed by atoms with E-state index in [9.17, 15) is 19.2 Å². The number of ether oxygens (including phenoxy) is 4. The molecule has 4 fully saturated rings. The highest BCUT2D eigenvalue weighted by Crippen LogP contribution is 2.30. The highest BCUT2D eigenvalue weighted by Gasteiger charge is 2.26. The van der Waals surface area contributed by atoms with E-state index in [-0.39, 0.29) is 32.5 Å². The molecule has 0 saturated carbocycles. The van der Waals surface area contributed by atoms with Gasteiger partial charge in [-0.3, -0.25) is 19.6 Å². The highest BCUT2D eigenvalue weighted by molar-refractivity contribution is 6.30. The molecule has 0 radical (unpaired) electrons. The van der Waals surface area contributed by atoms with Crippen LogP contribution in [0.25, 0.3) is 0 Å². The fourth-order valence-corrected chi connectivity index (χ4v) is 8.93. The Labute approximate surface area is 499 Å². The van der Waals surface area contributed by atoms with Gasteiger partial charge in [0, 0.05) is 146 Å². The van der Waals surface area contributed by atoms with Crippen molar-refractivity contribution >= 4 is 58.7 Å². The van der Waals surface area contributed by atoms with E-state index in [1.165, 1.54) is 22.3 Å². The predicted octanol–water partition coefficient (Wildman–Crippen LogP) is 5.13. The van der Waals surface area contributed by atoms with Gasteiger partial charge >= 0.3 is 23.9 Å². The van der Waals surface area contributed by atoms with Crippen LogP contribution in [0.4, 0.5) is 0 Å². The third kappa shape index (κ3) is 34.7. The molecule has 456 valence electrons. The van der Waals surface area contributed by atoms with Crippen LogP contribution in [0.3, 0.4) is 0 Å². The summed E-state index contributed by atoms with van der Waals surface area (Å²) in [5, 5.41) is 47.7. The van der Waals surface area contributed by atoms with Gasteiger partial charge in [-0.15, -0.1) is 11.6 Å². The summed E-state index contributed by atoms with van der Waals surface area (Å²) in [4.78, 5) is 49.8. The van der Waals surface area contributed by atoms with Crippen LogP contribution in [0.5, 0.6) is 0 Å². The van der Waals surface area contributed by atoms with E-state index in [1.54, 1.807) is 0 Å². The van der Waals surface area contributed by atoms with E-state index in [1.807, 2.05) is 36.4 Å². The summed E-state index contributed by atoms with van der Waals surface area (Å²) in [5.41, 5.74) is 5.15. The molecule has 8 N–H and O–H groups in total. The quantitative estimate of drug-likeness (QED) is 0.0335. The molecule has 0 spiro atoms. The number of benzene rings is 4. The average Bonchev–Trinajstić information content (AvgIpc) is 3.50. The number of nitrogens with zero attached hydrogens (tertiary/aromatic N) is 4. The Hall–Kier alpha value is -4.85. The summed E-state index contributed by atoms with van der Waals surface area (Å²) >= 11 is 17.1. The van der Waals surface area contributed by atoms with E-state index < -0.39 is 23.9 Å². The summed E-state index contributed by atoms with van der Waals surface area (Å²) in [7, 11) is 0. The standard InChI is InChI=1S/C21H25ClN2O3.C14H13Cl.2C8H16N2O3.C4H7ClO3.C4H10N2/c22-19-8-6-18(7-9-19)21(17-4-2-1-3-5-17)24-12-10-23(11-13-24)14-15-27-16-20(25)26;1-11(12-5-3-2-4-6-12)13-7-9-14(15)10-8-13;2*11-8(12)7-13-6-5-10-3-1-9-2-4-10;5-1-2-8-3-4(6)7;1-2-6-4-3-5-1/h1-9,21H,10-16H2,(H,25,26);2-11H,1H3;2*9H,1-7H2,(H,11,12);1-3H2,(H,6,7);5-6H,1-4H2. The van der Waals surface area contributed by atoms with E-state index >= 15 is 0 Å². The first-order valence-electron chi connectivity index (χ1n) is 27.8. The Morgan fingerprint density at radius 2 is 0.732 bits per heavy atom. The molecule has 20 nitrogen and oxygen atoms in total. The minimum atomic E-state index is -0.963. The van der Waals surface area contributed by atoms with Gasteiger partial charge < -0.3 is 60.6 Å². The van der Waals surface area contributed by atoms with Crippen molar-refractivity contribution in [3.8, 4) is 0 Å². The van der Waals surface area contributed by atoms with Gasteiger partial charge in [0.2, 0.25) is 0 Å². The largest absolute Gasteiger partial charge is 0.480 e. The van der Waals surface area contributed by atoms with E-state index in [0.717, 1.165) is 134 Å². The maximum atomic E-state index is 10.5. The Morgan fingerprint density at radius 3 is 1.09 bits per heavy atom. The number of carbonyl (C=O) groups is 4. The molecule has 8 rings (SSSR count). The van der Waals surface area contributed by atoms with Crippen molar-refractivity contribution < 1.29 is 58.6 Å². The third-order valence-corrected chi connectivity index (χ3v) is 13.6. The lowest BCUT2D eigenvalue weighted by molar-refractivity contribution is -0.143. The maximum Gasteiger partial charge on any atom is 0.329 e. The fraction of sp³-hybridized carbons (Fsp3) is 0.525. The monoisotopic (exact) mass is 1200 g/mol.